The van der Waals surface area contributed by atoms with E-state index in [9.17, 15) is 5.11 Å². The van der Waals surface area contributed by atoms with Crippen LogP contribution in [-0.2, 0) is 5.41 Å². The molecule has 1 aliphatic carbocycles. The van der Waals surface area contributed by atoms with Gasteiger partial charge in [0.25, 0.3) is 0 Å². The van der Waals surface area contributed by atoms with Gasteiger partial charge < -0.3 is 5.11 Å². The van der Waals surface area contributed by atoms with Gasteiger partial charge in [-0.25, -0.2) is 0 Å². The number of aryl methyl sites for hydroxylation is 1. The minimum absolute atomic E-state index is 0.390. The van der Waals surface area contributed by atoms with Gasteiger partial charge in [0.15, 0.2) is 0 Å². The summed E-state index contributed by atoms with van der Waals surface area (Å²) in [6, 6.07) is 4.14. The second kappa shape index (κ2) is 3.26. The van der Waals surface area contributed by atoms with Crippen molar-refractivity contribution in [1.29, 1.82) is 0 Å². The second-order valence-corrected chi connectivity index (χ2v) is 5.44. The molecular weight excluding hydrogens is 184 g/mol. The fourth-order valence-electron chi connectivity index (χ4n) is 2.28. The van der Waals surface area contributed by atoms with Crippen molar-refractivity contribution in [2.24, 2.45) is 0 Å². The summed E-state index contributed by atoms with van der Waals surface area (Å²) in [7, 11) is 0. The third-order valence-corrected chi connectivity index (χ3v) is 3.65. The predicted molar refractivity (Wildman–Crippen MR) is 63.5 cm³/mol. The Morgan fingerprint density at radius 1 is 1.27 bits per heavy atom. The van der Waals surface area contributed by atoms with E-state index in [0.29, 0.717) is 17.1 Å². The first kappa shape index (κ1) is 10.5. The Morgan fingerprint density at radius 2 is 1.87 bits per heavy atom. The number of rotatable bonds is 2. The summed E-state index contributed by atoms with van der Waals surface area (Å²) in [4.78, 5) is 0. The Bertz CT molecular complexity index is 387. The van der Waals surface area contributed by atoms with Crippen LogP contribution in [-0.4, -0.2) is 5.11 Å². The lowest BCUT2D eigenvalue weighted by Crippen LogP contribution is -2.04. The highest BCUT2D eigenvalue weighted by molar-refractivity contribution is 5.47. The molecule has 15 heavy (non-hydrogen) atoms. The number of hydrogen-bond acceptors (Lipinski definition) is 1. The quantitative estimate of drug-likeness (QED) is 0.775. The molecule has 0 saturated heterocycles. The molecule has 1 nitrogen and oxygen atoms in total. The molecule has 0 radical (unpaired) electrons. The minimum Gasteiger partial charge on any atom is -0.508 e. The standard InChI is InChI=1S/C14H20O/c1-9(2)11-8-12(14(4)5-6-14)10(3)7-13(11)15/h7-9,15H,5-6H2,1-4H3. The summed E-state index contributed by atoms with van der Waals surface area (Å²) in [6.07, 6.45) is 2.58. The van der Waals surface area contributed by atoms with Gasteiger partial charge in [-0.05, 0) is 53.9 Å². The van der Waals surface area contributed by atoms with Crippen LogP contribution in [0, 0.1) is 6.92 Å². The van der Waals surface area contributed by atoms with Gasteiger partial charge in [-0.3, -0.25) is 0 Å². The van der Waals surface area contributed by atoms with Crippen LogP contribution < -0.4 is 0 Å². The van der Waals surface area contributed by atoms with Crippen LogP contribution in [0.1, 0.15) is 56.2 Å². The predicted octanol–water partition coefficient (Wildman–Crippen LogP) is 3.88. The Labute approximate surface area is 92.1 Å². The normalized spacial score (nSPS) is 18.2. The summed E-state index contributed by atoms with van der Waals surface area (Å²) in [5.74, 6) is 0.849. The summed E-state index contributed by atoms with van der Waals surface area (Å²) in [6.45, 7) is 8.67. The van der Waals surface area contributed by atoms with Gasteiger partial charge in [-0.2, -0.15) is 0 Å². The fraction of sp³-hybridized carbons (Fsp3) is 0.571. The van der Waals surface area contributed by atoms with E-state index >= 15 is 0 Å². The van der Waals surface area contributed by atoms with Gasteiger partial charge in [-0.1, -0.05) is 26.8 Å². The van der Waals surface area contributed by atoms with E-state index in [1.54, 1.807) is 0 Å². The minimum atomic E-state index is 0.390. The lowest BCUT2D eigenvalue weighted by Gasteiger charge is -2.17. The zero-order valence-electron chi connectivity index (χ0n) is 10.1. The maximum absolute atomic E-state index is 9.87. The maximum Gasteiger partial charge on any atom is 0.119 e. The highest BCUT2D eigenvalue weighted by Gasteiger charge is 2.40. The lowest BCUT2D eigenvalue weighted by atomic mass is 9.89. The van der Waals surface area contributed by atoms with E-state index in [2.05, 4.69) is 33.8 Å². The molecule has 1 N–H and O–H groups in total. The molecule has 0 aliphatic heterocycles. The van der Waals surface area contributed by atoms with Crippen molar-refractivity contribution in [1.82, 2.24) is 0 Å². The van der Waals surface area contributed by atoms with Crippen molar-refractivity contribution in [3.8, 4) is 5.75 Å². The molecule has 1 aromatic rings. The van der Waals surface area contributed by atoms with Gasteiger partial charge in [0.2, 0.25) is 0 Å². The molecule has 0 unspecified atom stereocenters. The molecule has 0 amide bonds. The topological polar surface area (TPSA) is 20.2 Å². The fourth-order valence-corrected chi connectivity index (χ4v) is 2.28. The molecule has 0 heterocycles. The average molecular weight is 204 g/mol. The molecule has 0 aromatic heterocycles. The molecule has 1 aromatic carbocycles. The summed E-state index contributed by atoms with van der Waals surface area (Å²) < 4.78 is 0. The van der Waals surface area contributed by atoms with Gasteiger partial charge in [-0.15, -0.1) is 0 Å². The van der Waals surface area contributed by atoms with Crippen LogP contribution in [0.5, 0.6) is 5.75 Å². The zero-order valence-corrected chi connectivity index (χ0v) is 10.1. The molecule has 1 aliphatic rings. The van der Waals surface area contributed by atoms with Crippen molar-refractivity contribution < 1.29 is 5.11 Å². The van der Waals surface area contributed by atoms with Crippen molar-refractivity contribution >= 4 is 0 Å². The maximum atomic E-state index is 9.87. The Morgan fingerprint density at radius 3 is 2.33 bits per heavy atom. The van der Waals surface area contributed by atoms with Crippen LogP contribution >= 0.6 is 0 Å². The third-order valence-electron chi connectivity index (χ3n) is 3.65. The molecular formula is C14H20O. The monoisotopic (exact) mass is 204 g/mol. The zero-order chi connectivity index (χ0) is 11.2. The number of phenolic OH excluding ortho intramolecular Hbond substituents is 1. The molecule has 82 valence electrons. The molecule has 0 spiro atoms. The molecule has 0 atom stereocenters. The number of phenols is 1. The number of aromatic hydroxyl groups is 1. The Kier molecular flexibility index (Phi) is 2.29. The van der Waals surface area contributed by atoms with E-state index in [0.717, 1.165) is 5.56 Å². The number of benzene rings is 1. The van der Waals surface area contributed by atoms with Crippen molar-refractivity contribution in [2.45, 2.75) is 51.9 Å². The SMILES string of the molecule is Cc1cc(O)c(C(C)C)cc1C1(C)CC1. The highest BCUT2D eigenvalue weighted by atomic mass is 16.3. The molecule has 1 heteroatoms. The van der Waals surface area contributed by atoms with Gasteiger partial charge in [0.05, 0.1) is 0 Å². The lowest BCUT2D eigenvalue weighted by molar-refractivity contribution is 0.463. The Balaban J connectivity index is 2.51. The van der Waals surface area contributed by atoms with Gasteiger partial charge in [0.1, 0.15) is 5.75 Å². The first-order valence-corrected chi connectivity index (χ1v) is 5.78. The molecule has 0 bridgehead atoms. The van der Waals surface area contributed by atoms with E-state index < -0.39 is 0 Å². The first-order valence-electron chi connectivity index (χ1n) is 5.78. The Hall–Kier alpha value is -0.980. The van der Waals surface area contributed by atoms with Gasteiger partial charge >= 0.3 is 0 Å². The highest BCUT2D eigenvalue weighted by Crippen LogP contribution is 2.50. The van der Waals surface area contributed by atoms with Crippen LogP contribution in [0.3, 0.4) is 0 Å². The summed E-state index contributed by atoms with van der Waals surface area (Å²) in [5.41, 5.74) is 4.14. The van der Waals surface area contributed by atoms with Gasteiger partial charge in [0, 0.05) is 0 Å². The van der Waals surface area contributed by atoms with Crippen molar-refractivity contribution in [2.75, 3.05) is 0 Å². The second-order valence-electron chi connectivity index (χ2n) is 5.44. The summed E-state index contributed by atoms with van der Waals surface area (Å²) in [5, 5.41) is 9.87. The van der Waals surface area contributed by atoms with E-state index in [1.165, 1.54) is 24.0 Å². The third kappa shape index (κ3) is 1.75. The van der Waals surface area contributed by atoms with Crippen LogP contribution in [0.15, 0.2) is 12.1 Å². The number of hydrogen-bond donors (Lipinski definition) is 1. The molecule has 1 fully saturated rings. The van der Waals surface area contributed by atoms with Crippen LogP contribution in [0.25, 0.3) is 0 Å². The largest absolute Gasteiger partial charge is 0.508 e. The van der Waals surface area contributed by atoms with E-state index in [1.807, 2.05) is 6.07 Å². The molecule has 2 rings (SSSR count). The average Bonchev–Trinajstić information content (AvgIpc) is 2.83. The van der Waals surface area contributed by atoms with Crippen LogP contribution in [0.4, 0.5) is 0 Å². The summed E-state index contributed by atoms with van der Waals surface area (Å²) >= 11 is 0. The van der Waals surface area contributed by atoms with E-state index in [4.69, 9.17) is 0 Å². The van der Waals surface area contributed by atoms with Crippen molar-refractivity contribution in [3.63, 3.8) is 0 Å². The van der Waals surface area contributed by atoms with Crippen LogP contribution in [0.2, 0.25) is 0 Å². The smallest absolute Gasteiger partial charge is 0.119 e. The molecule has 1 saturated carbocycles. The van der Waals surface area contributed by atoms with Crippen molar-refractivity contribution in [3.05, 3.63) is 28.8 Å². The van der Waals surface area contributed by atoms with E-state index in [-0.39, 0.29) is 0 Å². The first-order chi connectivity index (χ1) is 6.94.